The molecule has 19 heavy (non-hydrogen) atoms. The second kappa shape index (κ2) is 5.79. The van der Waals surface area contributed by atoms with Gasteiger partial charge in [0.05, 0.1) is 4.90 Å². The SMILES string of the molecule is CNCc1ccc(S(=O)(=O)N(C)CC2CC2)cc1Cl. The maximum Gasteiger partial charge on any atom is 0.242 e. The van der Waals surface area contributed by atoms with Crippen LogP contribution in [0, 0.1) is 5.92 Å². The van der Waals surface area contributed by atoms with Gasteiger partial charge in [-0.2, -0.15) is 0 Å². The van der Waals surface area contributed by atoms with Gasteiger partial charge in [-0.3, -0.25) is 0 Å². The van der Waals surface area contributed by atoms with Crippen molar-refractivity contribution >= 4 is 21.6 Å². The molecule has 0 atom stereocenters. The van der Waals surface area contributed by atoms with Crippen molar-refractivity contribution in [1.29, 1.82) is 0 Å². The molecule has 1 aliphatic carbocycles. The summed E-state index contributed by atoms with van der Waals surface area (Å²) in [6, 6.07) is 4.92. The molecule has 0 unspecified atom stereocenters. The summed E-state index contributed by atoms with van der Waals surface area (Å²) in [6.45, 7) is 1.22. The van der Waals surface area contributed by atoms with Crippen molar-refractivity contribution in [2.24, 2.45) is 5.92 Å². The Bertz CT molecular complexity index is 556. The molecule has 4 nitrogen and oxygen atoms in total. The lowest BCUT2D eigenvalue weighted by Crippen LogP contribution is -2.29. The molecule has 0 heterocycles. The van der Waals surface area contributed by atoms with Crippen molar-refractivity contribution in [3.63, 3.8) is 0 Å². The molecular formula is C13H19ClN2O2S. The third-order valence-electron chi connectivity index (χ3n) is 3.31. The average Bonchev–Trinajstić information content (AvgIpc) is 3.15. The van der Waals surface area contributed by atoms with Gasteiger partial charge in [-0.25, -0.2) is 12.7 Å². The smallest absolute Gasteiger partial charge is 0.242 e. The van der Waals surface area contributed by atoms with Crippen LogP contribution >= 0.6 is 11.6 Å². The third-order valence-corrected chi connectivity index (χ3v) is 5.48. The van der Waals surface area contributed by atoms with Gasteiger partial charge >= 0.3 is 0 Å². The molecule has 0 aromatic heterocycles. The van der Waals surface area contributed by atoms with Gasteiger partial charge in [-0.05, 0) is 43.5 Å². The molecule has 1 aromatic carbocycles. The Balaban J connectivity index is 2.21. The molecule has 106 valence electrons. The maximum absolute atomic E-state index is 12.4. The van der Waals surface area contributed by atoms with Crippen LogP contribution < -0.4 is 5.32 Å². The third kappa shape index (κ3) is 3.48. The molecule has 1 N–H and O–H groups in total. The minimum absolute atomic E-state index is 0.264. The second-order valence-electron chi connectivity index (χ2n) is 5.01. The molecule has 0 saturated heterocycles. The van der Waals surface area contributed by atoms with Crippen molar-refractivity contribution in [2.75, 3.05) is 20.6 Å². The first kappa shape index (κ1) is 14.8. The van der Waals surface area contributed by atoms with Crippen LogP contribution in [0.15, 0.2) is 23.1 Å². The van der Waals surface area contributed by atoms with Gasteiger partial charge in [0.1, 0.15) is 0 Å². The lowest BCUT2D eigenvalue weighted by atomic mass is 10.2. The van der Waals surface area contributed by atoms with Crippen LogP contribution in [0.25, 0.3) is 0 Å². The van der Waals surface area contributed by atoms with Gasteiger partial charge in [0, 0.05) is 25.2 Å². The van der Waals surface area contributed by atoms with E-state index in [1.807, 2.05) is 7.05 Å². The normalized spacial score (nSPS) is 16.0. The van der Waals surface area contributed by atoms with Gasteiger partial charge in [0.2, 0.25) is 10.0 Å². The van der Waals surface area contributed by atoms with E-state index in [4.69, 9.17) is 11.6 Å². The largest absolute Gasteiger partial charge is 0.316 e. The molecule has 0 amide bonds. The molecule has 0 radical (unpaired) electrons. The fourth-order valence-electron chi connectivity index (χ4n) is 1.96. The van der Waals surface area contributed by atoms with E-state index < -0.39 is 10.0 Å². The van der Waals surface area contributed by atoms with Crippen LogP contribution in [0.2, 0.25) is 5.02 Å². The molecule has 0 aliphatic heterocycles. The first-order chi connectivity index (χ1) is 8.95. The molecule has 1 fully saturated rings. The van der Waals surface area contributed by atoms with Crippen LogP contribution in [0.4, 0.5) is 0 Å². The van der Waals surface area contributed by atoms with Gasteiger partial charge in [0.25, 0.3) is 0 Å². The summed E-state index contributed by atoms with van der Waals surface area (Å²) in [7, 11) is 0.0321. The van der Waals surface area contributed by atoms with Gasteiger partial charge in [-0.15, -0.1) is 0 Å². The van der Waals surface area contributed by atoms with Gasteiger partial charge in [-0.1, -0.05) is 17.7 Å². The van der Waals surface area contributed by atoms with Crippen LogP contribution in [-0.2, 0) is 16.6 Å². The summed E-state index contributed by atoms with van der Waals surface area (Å²) in [4.78, 5) is 0.264. The number of nitrogens with one attached hydrogen (secondary N) is 1. The quantitative estimate of drug-likeness (QED) is 0.875. The summed E-state index contributed by atoms with van der Waals surface area (Å²) in [5.41, 5.74) is 0.896. The Hall–Kier alpha value is -0.620. The van der Waals surface area contributed by atoms with Crippen molar-refractivity contribution in [3.8, 4) is 0 Å². The zero-order valence-corrected chi connectivity index (χ0v) is 12.8. The summed E-state index contributed by atoms with van der Waals surface area (Å²) in [6.07, 6.45) is 2.25. The summed E-state index contributed by atoms with van der Waals surface area (Å²) < 4.78 is 26.2. The summed E-state index contributed by atoms with van der Waals surface area (Å²) in [5.74, 6) is 0.527. The first-order valence-electron chi connectivity index (χ1n) is 6.34. The van der Waals surface area contributed by atoms with Crippen LogP contribution in [0.1, 0.15) is 18.4 Å². The molecule has 0 bridgehead atoms. The Morgan fingerprint density at radius 1 is 1.42 bits per heavy atom. The Kier molecular flexibility index (Phi) is 4.50. The molecule has 6 heteroatoms. The van der Waals surface area contributed by atoms with E-state index in [1.165, 1.54) is 10.4 Å². The van der Waals surface area contributed by atoms with Crippen LogP contribution in [0.3, 0.4) is 0 Å². The van der Waals surface area contributed by atoms with Crippen molar-refractivity contribution < 1.29 is 8.42 Å². The Morgan fingerprint density at radius 2 is 2.11 bits per heavy atom. The molecule has 1 aromatic rings. The monoisotopic (exact) mass is 302 g/mol. The van der Waals surface area contributed by atoms with Crippen molar-refractivity contribution in [3.05, 3.63) is 28.8 Å². The maximum atomic E-state index is 12.4. The highest BCUT2D eigenvalue weighted by Gasteiger charge is 2.29. The van der Waals surface area contributed by atoms with E-state index in [2.05, 4.69) is 5.32 Å². The molecule has 1 saturated carbocycles. The number of hydrogen-bond acceptors (Lipinski definition) is 3. The van der Waals surface area contributed by atoms with Crippen LogP contribution in [0.5, 0.6) is 0 Å². The molecule has 2 rings (SSSR count). The lowest BCUT2D eigenvalue weighted by molar-refractivity contribution is 0.453. The van der Waals surface area contributed by atoms with E-state index in [9.17, 15) is 8.42 Å². The highest BCUT2D eigenvalue weighted by Crippen LogP contribution is 2.31. The Labute approximate surface area is 119 Å². The Morgan fingerprint density at radius 3 is 2.63 bits per heavy atom. The fraction of sp³-hybridized carbons (Fsp3) is 0.538. The number of rotatable bonds is 6. The number of hydrogen-bond donors (Lipinski definition) is 1. The van der Waals surface area contributed by atoms with E-state index >= 15 is 0 Å². The average molecular weight is 303 g/mol. The van der Waals surface area contributed by atoms with E-state index in [1.54, 1.807) is 19.2 Å². The highest BCUT2D eigenvalue weighted by atomic mass is 35.5. The van der Waals surface area contributed by atoms with Gasteiger partial charge < -0.3 is 5.32 Å². The minimum Gasteiger partial charge on any atom is -0.316 e. The number of benzene rings is 1. The molecule has 1 aliphatic rings. The standard InChI is InChI=1S/C13H19ClN2O2S/c1-15-8-11-5-6-12(7-13(11)14)19(17,18)16(2)9-10-3-4-10/h5-7,10,15H,3-4,8-9H2,1-2H3. The molecular weight excluding hydrogens is 284 g/mol. The number of halogens is 1. The summed E-state index contributed by atoms with van der Waals surface area (Å²) in [5, 5.41) is 3.48. The fourth-order valence-corrected chi connectivity index (χ4v) is 3.55. The van der Waals surface area contributed by atoms with Crippen LogP contribution in [-0.4, -0.2) is 33.4 Å². The molecule has 0 spiro atoms. The zero-order valence-electron chi connectivity index (χ0n) is 11.2. The lowest BCUT2D eigenvalue weighted by Gasteiger charge is -2.17. The number of sulfonamides is 1. The number of nitrogens with zero attached hydrogens (tertiary/aromatic N) is 1. The minimum atomic E-state index is -3.42. The topological polar surface area (TPSA) is 49.4 Å². The summed E-state index contributed by atoms with van der Waals surface area (Å²) >= 11 is 6.11. The predicted molar refractivity (Wildman–Crippen MR) is 76.8 cm³/mol. The highest BCUT2D eigenvalue weighted by molar-refractivity contribution is 7.89. The second-order valence-corrected chi connectivity index (χ2v) is 7.46. The van der Waals surface area contributed by atoms with Gasteiger partial charge in [0.15, 0.2) is 0 Å². The van der Waals surface area contributed by atoms with E-state index in [0.29, 0.717) is 24.0 Å². The first-order valence-corrected chi connectivity index (χ1v) is 8.16. The predicted octanol–water partition coefficient (Wildman–Crippen LogP) is 2.09. The zero-order chi connectivity index (χ0) is 14.0. The van der Waals surface area contributed by atoms with Crippen molar-refractivity contribution in [2.45, 2.75) is 24.3 Å². The van der Waals surface area contributed by atoms with Crippen molar-refractivity contribution in [1.82, 2.24) is 9.62 Å². The van der Waals surface area contributed by atoms with E-state index in [0.717, 1.165) is 18.4 Å². The van der Waals surface area contributed by atoms with E-state index in [-0.39, 0.29) is 4.90 Å².